The number of rotatable bonds is 7. The minimum Gasteiger partial charge on any atom is -0.461 e. The Kier molecular flexibility index (Phi) is 8.55. The lowest BCUT2D eigenvalue weighted by molar-refractivity contribution is 0.0487. The van der Waals surface area contributed by atoms with Crippen LogP contribution in [0.1, 0.15) is 75.5 Å². The zero-order valence-electron chi connectivity index (χ0n) is 22.8. The van der Waals surface area contributed by atoms with E-state index < -0.39 is 17.7 Å². The first-order chi connectivity index (χ1) is 18.7. The third-order valence-corrected chi connectivity index (χ3v) is 6.36. The molecule has 1 aliphatic rings. The van der Waals surface area contributed by atoms with Gasteiger partial charge in [-0.3, -0.25) is 4.68 Å². The van der Waals surface area contributed by atoms with Gasteiger partial charge in [0.2, 0.25) is 0 Å². The lowest BCUT2D eigenvalue weighted by atomic mass is 9.91. The highest BCUT2D eigenvalue weighted by Crippen LogP contribution is 2.35. The lowest BCUT2D eigenvalue weighted by Gasteiger charge is -2.30. The standard InChI is InChI=1S/C30H34N4O5/c1-5-37-28(35)27-25(19-31)26(20-11-17-24(18-12-20)38-23-9-7-6-8-10-23)33-34(27)22-15-13-21(14-16-22)32-29(36)39-30(2,3)4/h6-12,17-18,21-22H,5,13-16H2,1-4H3,(H,32,36). The molecule has 2 aromatic carbocycles. The number of hydrogen-bond donors (Lipinski definition) is 1. The summed E-state index contributed by atoms with van der Waals surface area (Å²) in [6.07, 6.45) is 2.28. The smallest absolute Gasteiger partial charge is 0.407 e. The van der Waals surface area contributed by atoms with Gasteiger partial charge in [-0.2, -0.15) is 10.4 Å². The van der Waals surface area contributed by atoms with Crippen LogP contribution in [-0.4, -0.2) is 40.1 Å². The first kappa shape index (κ1) is 27.7. The second-order valence-corrected chi connectivity index (χ2v) is 10.4. The molecule has 0 spiro atoms. The van der Waals surface area contributed by atoms with E-state index in [4.69, 9.17) is 19.3 Å². The van der Waals surface area contributed by atoms with Crippen molar-refractivity contribution in [1.29, 1.82) is 5.26 Å². The van der Waals surface area contributed by atoms with E-state index in [0.29, 0.717) is 48.4 Å². The maximum absolute atomic E-state index is 13.0. The molecule has 9 heteroatoms. The number of amides is 1. The van der Waals surface area contributed by atoms with E-state index in [1.165, 1.54) is 0 Å². The minimum atomic E-state index is -0.578. The number of carbonyl (C=O) groups is 2. The Morgan fingerprint density at radius 2 is 1.67 bits per heavy atom. The summed E-state index contributed by atoms with van der Waals surface area (Å²) < 4.78 is 18.2. The Balaban J connectivity index is 1.56. The van der Waals surface area contributed by atoms with Crippen LogP contribution in [0.15, 0.2) is 54.6 Å². The van der Waals surface area contributed by atoms with Crippen molar-refractivity contribution in [3.63, 3.8) is 0 Å². The predicted molar refractivity (Wildman–Crippen MR) is 146 cm³/mol. The zero-order valence-corrected chi connectivity index (χ0v) is 22.8. The Hall–Kier alpha value is -4.32. The van der Waals surface area contributed by atoms with Crippen LogP contribution in [0.2, 0.25) is 0 Å². The Labute approximate surface area is 228 Å². The van der Waals surface area contributed by atoms with Gasteiger partial charge in [-0.1, -0.05) is 18.2 Å². The SMILES string of the molecule is CCOC(=O)c1c(C#N)c(-c2ccc(Oc3ccccc3)cc2)nn1C1CCC(NC(=O)OC(C)(C)C)CC1. The number of carbonyl (C=O) groups excluding carboxylic acids is 2. The first-order valence-electron chi connectivity index (χ1n) is 13.2. The van der Waals surface area contributed by atoms with E-state index in [1.807, 2.05) is 63.2 Å². The second kappa shape index (κ2) is 12.0. The summed E-state index contributed by atoms with van der Waals surface area (Å²) in [5.74, 6) is 0.781. The summed E-state index contributed by atoms with van der Waals surface area (Å²) >= 11 is 0. The van der Waals surface area contributed by atoms with Crippen molar-refractivity contribution in [3.05, 3.63) is 65.9 Å². The molecular weight excluding hydrogens is 496 g/mol. The Morgan fingerprint density at radius 3 is 2.26 bits per heavy atom. The topological polar surface area (TPSA) is 115 Å². The van der Waals surface area contributed by atoms with Crippen LogP contribution in [0.25, 0.3) is 11.3 Å². The van der Waals surface area contributed by atoms with E-state index in [0.717, 1.165) is 0 Å². The van der Waals surface area contributed by atoms with Crippen molar-refractivity contribution in [2.45, 2.75) is 71.1 Å². The lowest BCUT2D eigenvalue weighted by Crippen LogP contribution is -2.41. The van der Waals surface area contributed by atoms with Crippen molar-refractivity contribution in [2.75, 3.05) is 6.61 Å². The summed E-state index contributed by atoms with van der Waals surface area (Å²) in [5, 5.41) is 17.8. The molecule has 1 aromatic heterocycles. The van der Waals surface area contributed by atoms with Gasteiger partial charge in [-0.15, -0.1) is 0 Å². The van der Waals surface area contributed by atoms with Gasteiger partial charge in [0.1, 0.15) is 34.4 Å². The summed E-state index contributed by atoms with van der Waals surface area (Å²) in [6, 6.07) is 18.7. The number of benzene rings is 2. The molecule has 0 unspecified atom stereocenters. The van der Waals surface area contributed by atoms with Gasteiger partial charge in [0, 0.05) is 11.6 Å². The number of ether oxygens (including phenoxy) is 3. The van der Waals surface area contributed by atoms with Crippen LogP contribution < -0.4 is 10.1 Å². The highest BCUT2D eigenvalue weighted by molar-refractivity contribution is 5.93. The van der Waals surface area contributed by atoms with Crippen molar-refractivity contribution in [2.24, 2.45) is 0 Å². The van der Waals surface area contributed by atoms with Crippen LogP contribution in [-0.2, 0) is 9.47 Å². The molecule has 4 rings (SSSR count). The molecule has 1 amide bonds. The van der Waals surface area contributed by atoms with Crippen molar-refractivity contribution < 1.29 is 23.8 Å². The maximum atomic E-state index is 13.0. The van der Waals surface area contributed by atoms with Gasteiger partial charge in [-0.05, 0) is 89.8 Å². The number of nitrogens with one attached hydrogen (secondary N) is 1. The molecule has 0 atom stereocenters. The molecule has 1 N–H and O–H groups in total. The fourth-order valence-electron chi connectivity index (χ4n) is 4.65. The molecule has 0 saturated heterocycles. The molecule has 0 bridgehead atoms. The number of esters is 1. The van der Waals surface area contributed by atoms with Gasteiger partial charge in [-0.25, -0.2) is 9.59 Å². The van der Waals surface area contributed by atoms with Crippen LogP contribution in [0.3, 0.4) is 0 Å². The number of nitrogens with zero attached hydrogens (tertiary/aromatic N) is 3. The average molecular weight is 531 g/mol. The normalized spacial score (nSPS) is 17.1. The van der Waals surface area contributed by atoms with Crippen LogP contribution >= 0.6 is 0 Å². The molecule has 39 heavy (non-hydrogen) atoms. The second-order valence-electron chi connectivity index (χ2n) is 10.4. The van der Waals surface area contributed by atoms with Crippen molar-refractivity contribution in [1.82, 2.24) is 15.1 Å². The van der Waals surface area contributed by atoms with Gasteiger partial charge < -0.3 is 19.5 Å². The summed E-state index contributed by atoms with van der Waals surface area (Å²) in [4.78, 5) is 25.2. The number of para-hydroxylation sites is 1. The fraction of sp³-hybridized carbons (Fsp3) is 0.400. The fourth-order valence-corrected chi connectivity index (χ4v) is 4.65. The molecule has 1 saturated carbocycles. The average Bonchev–Trinajstić information content (AvgIpc) is 3.29. The molecule has 9 nitrogen and oxygen atoms in total. The first-order valence-corrected chi connectivity index (χ1v) is 13.2. The monoisotopic (exact) mass is 530 g/mol. The van der Waals surface area contributed by atoms with E-state index in [1.54, 1.807) is 23.7 Å². The number of hydrogen-bond acceptors (Lipinski definition) is 7. The molecule has 1 aliphatic carbocycles. The molecule has 1 fully saturated rings. The van der Waals surface area contributed by atoms with Gasteiger partial charge >= 0.3 is 12.1 Å². The van der Waals surface area contributed by atoms with E-state index in [-0.39, 0.29) is 29.9 Å². The van der Waals surface area contributed by atoms with Crippen LogP contribution in [0.5, 0.6) is 11.5 Å². The van der Waals surface area contributed by atoms with Crippen molar-refractivity contribution in [3.8, 4) is 28.8 Å². The van der Waals surface area contributed by atoms with E-state index in [9.17, 15) is 14.9 Å². The van der Waals surface area contributed by atoms with E-state index in [2.05, 4.69) is 11.4 Å². The highest BCUT2D eigenvalue weighted by atomic mass is 16.6. The van der Waals surface area contributed by atoms with Crippen LogP contribution in [0, 0.1) is 11.3 Å². The van der Waals surface area contributed by atoms with E-state index >= 15 is 0 Å². The quantitative estimate of drug-likeness (QED) is 0.351. The number of alkyl carbamates (subject to hydrolysis) is 1. The molecular formula is C30H34N4O5. The third-order valence-electron chi connectivity index (χ3n) is 6.36. The molecule has 3 aromatic rings. The minimum absolute atomic E-state index is 0.0372. The third kappa shape index (κ3) is 6.96. The molecule has 0 radical (unpaired) electrons. The van der Waals surface area contributed by atoms with Gasteiger partial charge in [0.15, 0.2) is 5.69 Å². The predicted octanol–water partition coefficient (Wildman–Crippen LogP) is 6.40. The molecule has 204 valence electrons. The highest BCUT2D eigenvalue weighted by Gasteiger charge is 2.32. The largest absolute Gasteiger partial charge is 0.461 e. The number of aromatic nitrogens is 2. The summed E-state index contributed by atoms with van der Waals surface area (Å²) in [7, 11) is 0. The summed E-state index contributed by atoms with van der Waals surface area (Å²) in [6.45, 7) is 7.39. The molecule has 1 heterocycles. The van der Waals surface area contributed by atoms with Crippen LogP contribution in [0.4, 0.5) is 4.79 Å². The Morgan fingerprint density at radius 1 is 1.03 bits per heavy atom. The zero-order chi connectivity index (χ0) is 28.0. The molecule has 0 aliphatic heterocycles. The van der Waals surface area contributed by atoms with Crippen molar-refractivity contribution >= 4 is 12.1 Å². The Bertz CT molecular complexity index is 1330. The van der Waals surface area contributed by atoms with Gasteiger partial charge in [0.05, 0.1) is 12.6 Å². The maximum Gasteiger partial charge on any atom is 0.407 e. The van der Waals surface area contributed by atoms with Gasteiger partial charge in [0.25, 0.3) is 0 Å². The number of nitriles is 1. The summed E-state index contributed by atoms with van der Waals surface area (Å²) in [5.41, 5.74) is 0.875.